The Bertz CT molecular complexity index is 2170. The van der Waals surface area contributed by atoms with Gasteiger partial charge in [0.1, 0.15) is 18.2 Å². The lowest BCUT2D eigenvalue weighted by Crippen LogP contribution is -2.32. The summed E-state index contributed by atoms with van der Waals surface area (Å²) in [5.74, 6) is -0.525. The zero-order chi connectivity index (χ0) is 37.7. The van der Waals surface area contributed by atoms with Crippen molar-refractivity contribution in [3.63, 3.8) is 0 Å². The number of aryl methyl sites for hydroxylation is 2. The minimum atomic E-state index is -5.09. The molecule has 1 fully saturated rings. The highest BCUT2D eigenvalue weighted by Crippen LogP contribution is 2.42. The Balaban J connectivity index is 1.44. The number of aromatic nitrogens is 4. The van der Waals surface area contributed by atoms with Crippen LogP contribution in [0.3, 0.4) is 0 Å². The Kier molecular flexibility index (Phi) is 9.19. The summed E-state index contributed by atoms with van der Waals surface area (Å²) in [6.07, 6.45) is -8.00. The Morgan fingerprint density at radius 3 is 2.19 bits per heavy atom. The maximum absolute atomic E-state index is 13.7. The third-order valence-electron chi connectivity index (χ3n) is 8.72. The molecule has 3 aromatic carbocycles. The van der Waals surface area contributed by atoms with Crippen LogP contribution in [-0.2, 0) is 23.6 Å². The van der Waals surface area contributed by atoms with Crippen LogP contribution in [0.4, 0.5) is 31.1 Å². The number of methoxy groups -OCH3 is 1. The molecule has 0 saturated carbocycles. The van der Waals surface area contributed by atoms with E-state index >= 15 is 0 Å². The predicted molar refractivity (Wildman–Crippen MR) is 174 cm³/mol. The molecule has 2 atom stereocenters. The van der Waals surface area contributed by atoms with Gasteiger partial charge >= 0.3 is 24.4 Å². The molecular formula is C36H29F6N5O5. The second kappa shape index (κ2) is 13.3. The standard InChI is InChI=1S/C36H29F6N5O5/c1-18-9-22(32(48)49)5-7-26(18)21-6-8-30(51-4)27(12-21)28-14-43-33(46-15-19(2)44-17-46)45-29(28)16-47-20(3)31(52-34(47)50)23-10-24(35(37,38)39)13-25(11-23)36(40,41)42/h5-15,17,20,31H,16H2,1-4H3,(H,48,49)/t20-,31?/m0/s1. The van der Waals surface area contributed by atoms with Crippen LogP contribution < -0.4 is 4.74 Å². The molecule has 1 aliphatic heterocycles. The third kappa shape index (κ3) is 7.00. The number of ether oxygens (including phenoxy) is 2. The van der Waals surface area contributed by atoms with E-state index in [4.69, 9.17) is 14.5 Å². The number of alkyl halides is 6. The number of benzene rings is 3. The van der Waals surface area contributed by atoms with E-state index < -0.39 is 53.3 Å². The molecule has 16 heteroatoms. The zero-order valence-electron chi connectivity index (χ0n) is 27.9. The summed E-state index contributed by atoms with van der Waals surface area (Å²) in [5, 5.41) is 9.43. The number of halogens is 6. The molecule has 2 aromatic heterocycles. The largest absolute Gasteiger partial charge is 0.496 e. The van der Waals surface area contributed by atoms with Crippen molar-refractivity contribution in [2.24, 2.45) is 0 Å². The number of nitrogens with zero attached hydrogens (tertiary/aromatic N) is 5. The highest BCUT2D eigenvalue weighted by molar-refractivity contribution is 5.89. The van der Waals surface area contributed by atoms with Crippen molar-refractivity contribution < 1.29 is 50.5 Å². The van der Waals surface area contributed by atoms with E-state index in [9.17, 15) is 41.0 Å². The molecule has 5 aromatic rings. The van der Waals surface area contributed by atoms with Crippen LogP contribution in [0.15, 0.2) is 73.3 Å². The van der Waals surface area contributed by atoms with Gasteiger partial charge in [0.05, 0.1) is 47.8 Å². The number of carbonyl (C=O) groups is 2. The molecule has 0 spiro atoms. The van der Waals surface area contributed by atoms with Gasteiger partial charge in [-0.05, 0) is 85.5 Å². The smallest absolute Gasteiger partial charge is 0.416 e. The summed E-state index contributed by atoms with van der Waals surface area (Å²) in [7, 11) is 1.45. The van der Waals surface area contributed by atoms with E-state index in [-0.39, 0.29) is 29.8 Å². The Hall–Kier alpha value is -5.93. The molecule has 1 amide bonds. The summed E-state index contributed by atoms with van der Waals surface area (Å²) < 4.78 is 94.7. The molecule has 3 heterocycles. The molecule has 1 N–H and O–H groups in total. The number of cyclic esters (lactones) is 1. The zero-order valence-corrected chi connectivity index (χ0v) is 27.9. The topological polar surface area (TPSA) is 120 Å². The lowest BCUT2D eigenvalue weighted by atomic mass is 9.94. The van der Waals surface area contributed by atoms with Crippen LogP contribution in [0.2, 0.25) is 0 Å². The van der Waals surface area contributed by atoms with Gasteiger partial charge in [0, 0.05) is 23.5 Å². The first-order valence-corrected chi connectivity index (χ1v) is 15.6. The molecular weight excluding hydrogens is 696 g/mol. The van der Waals surface area contributed by atoms with E-state index in [0.717, 1.165) is 10.5 Å². The number of carbonyl (C=O) groups excluding carboxylic acids is 1. The number of aromatic carboxylic acids is 1. The first-order valence-electron chi connectivity index (χ1n) is 15.6. The van der Waals surface area contributed by atoms with Crippen LogP contribution in [0.25, 0.3) is 28.2 Å². The van der Waals surface area contributed by atoms with Gasteiger partial charge in [0.15, 0.2) is 0 Å². The number of hydrogen-bond donors (Lipinski definition) is 1. The van der Waals surface area contributed by atoms with Crippen LogP contribution in [-0.4, -0.2) is 54.7 Å². The maximum Gasteiger partial charge on any atom is 0.416 e. The van der Waals surface area contributed by atoms with Gasteiger partial charge in [-0.25, -0.2) is 24.5 Å². The Morgan fingerprint density at radius 1 is 0.923 bits per heavy atom. The van der Waals surface area contributed by atoms with E-state index in [2.05, 4.69) is 9.97 Å². The molecule has 270 valence electrons. The van der Waals surface area contributed by atoms with E-state index in [1.165, 1.54) is 38.7 Å². The predicted octanol–water partition coefficient (Wildman–Crippen LogP) is 8.44. The highest BCUT2D eigenvalue weighted by Gasteiger charge is 2.43. The van der Waals surface area contributed by atoms with Crippen molar-refractivity contribution in [2.45, 2.75) is 51.8 Å². The van der Waals surface area contributed by atoms with Crippen molar-refractivity contribution in [3.8, 4) is 34.0 Å². The van der Waals surface area contributed by atoms with Crippen molar-refractivity contribution in [3.05, 3.63) is 113 Å². The van der Waals surface area contributed by atoms with Gasteiger partial charge in [-0.3, -0.25) is 9.47 Å². The number of hydrogen-bond acceptors (Lipinski definition) is 7. The van der Waals surface area contributed by atoms with Crippen molar-refractivity contribution in [1.82, 2.24) is 24.4 Å². The first-order chi connectivity index (χ1) is 24.4. The highest BCUT2D eigenvalue weighted by atomic mass is 19.4. The molecule has 0 radical (unpaired) electrons. The van der Waals surface area contributed by atoms with Gasteiger partial charge in [0.2, 0.25) is 5.95 Å². The van der Waals surface area contributed by atoms with Crippen molar-refractivity contribution in [1.29, 1.82) is 0 Å². The van der Waals surface area contributed by atoms with Crippen LogP contribution >= 0.6 is 0 Å². The fourth-order valence-electron chi connectivity index (χ4n) is 6.08. The SMILES string of the molecule is COc1ccc(-c2ccc(C(=O)O)cc2C)cc1-c1cnc(-n2cnc(C)c2)nc1CN1C(=O)OC(c2cc(C(F)(F)F)cc(C(F)(F)F)c2)[C@@H]1C. The van der Waals surface area contributed by atoms with E-state index in [1.807, 2.05) is 0 Å². The summed E-state index contributed by atoms with van der Waals surface area (Å²) in [5.41, 5.74) is 0.444. The lowest BCUT2D eigenvalue weighted by Gasteiger charge is -2.23. The second-order valence-corrected chi connectivity index (χ2v) is 12.2. The number of rotatable bonds is 8. The Labute approximate surface area is 292 Å². The van der Waals surface area contributed by atoms with Gasteiger partial charge in [-0.1, -0.05) is 12.1 Å². The number of imidazole rings is 1. The summed E-state index contributed by atoms with van der Waals surface area (Å²) in [6.45, 7) is 4.68. The number of carboxylic acid groups (broad SMARTS) is 1. The fraction of sp³-hybridized carbons (Fsp3) is 0.250. The summed E-state index contributed by atoms with van der Waals surface area (Å²) in [4.78, 5) is 39.5. The molecule has 0 bridgehead atoms. The van der Waals surface area contributed by atoms with Crippen LogP contribution in [0.1, 0.15) is 57.0 Å². The molecule has 1 unspecified atom stereocenters. The van der Waals surface area contributed by atoms with Gasteiger partial charge < -0.3 is 14.6 Å². The van der Waals surface area contributed by atoms with Crippen LogP contribution in [0, 0.1) is 13.8 Å². The van der Waals surface area contributed by atoms with Crippen molar-refractivity contribution >= 4 is 12.1 Å². The third-order valence-corrected chi connectivity index (χ3v) is 8.72. The van der Waals surface area contributed by atoms with E-state index in [1.54, 1.807) is 48.9 Å². The minimum Gasteiger partial charge on any atom is -0.496 e. The number of carboxylic acids is 1. The molecule has 10 nitrogen and oxygen atoms in total. The maximum atomic E-state index is 13.7. The minimum absolute atomic E-state index is 0.0126. The molecule has 6 rings (SSSR count). The monoisotopic (exact) mass is 725 g/mol. The van der Waals surface area contributed by atoms with Gasteiger partial charge in [0.25, 0.3) is 0 Å². The quantitative estimate of drug-likeness (QED) is 0.158. The lowest BCUT2D eigenvalue weighted by molar-refractivity contribution is -0.143. The summed E-state index contributed by atoms with van der Waals surface area (Å²) >= 11 is 0. The number of amides is 1. The average molecular weight is 726 g/mol. The summed E-state index contributed by atoms with van der Waals surface area (Å²) in [6, 6.07) is 10.0. The average Bonchev–Trinajstić information content (AvgIpc) is 3.65. The van der Waals surface area contributed by atoms with E-state index in [0.29, 0.717) is 45.8 Å². The van der Waals surface area contributed by atoms with Crippen LogP contribution in [0.5, 0.6) is 5.75 Å². The second-order valence-electron chi connectivity index (χ2n) is 12.2. The normalized spacial score (nSPS) is 16.3. The molecule has 52 heavy (non-hydrogen) atoms. The van der Waals surface area contributed by atoms with Gasteiger partial charge in [-0.2, -0.15) is 26.3 Å². The van der Waals surface area contributed by atoms with Crippen molar-refractivity contribution in [2.75, 3.05) is 7.11 Å². The van der Waals surface area contributed by atoms with Gasteiger partial charge in [-0.15, -0.1) is 0 Å². The Morgan fingerprint density at radius 2 is 1.62 bits per heavy atom. The first kappa shape index (κ1) is 35.9. The molecule has 0 aliphatic carbocycles. The molecule has 1 saturated heterocycles. The fourth-order valence-corrected chi connectivity index (χ4v) is 6.08. The molecule has 1 aliphatic rings.